The van der Waals surface area contributed by atoms with Crippen molar-refractivity contribution in [3.8, 4) is 11.5 Å². The van der Waals surface area contributed by atoms with Gasteiger partial charge in [0.05, 0.1) is 17.4 Å². The number of hydrogen-bond acceptors (Lipinski definition) is 6. The summed E-state index contributed by atoms with van der Waals surface area (Å²) in [7, 11) is -1.18. The van der Waals surface area contributed by atoms with E-state index in [1.165, 1.54) is 44.1 Å². The molecule has 0 saturated heterocycles. The molecule has 9 nitrogen and oxygen atoms in total. The number of benzene rings is 1. The molecule has 0 saturated carbocycles. The van der Waals surface area contributed by atoms with Gasteiger partial charge in [-0.2, -0.15) is 4.31 Å². The van der Waals surface area contributed by atoms with Crippen LogP contribution in [0.5, 0.6) is 11.5 Å². The van der Waals surface area contributed by atoms with E-state index in [1.807, 2.05) is 0 Å². The number of carbonyl (C=O) groups excluding carboxylic acids is 1. The highest BCUT2D eigenvalue weighted by Gasteiger charge is 2.27. The molecule has 1 aliphatic rings. The van der Waals surface area contributed by atoms with Crippen LogP contribution in [-0.4, -0.2) is 75.0 Å². The van der Waals surface area contributed by atoms with Crippen molar-refractivity contribution >= 4 is 21.9 Å². The van der Waals surface area contributed by atoms with Crippen molar-refractivity contribution in [2.45, 2.75) is 11.8 Å². The average molecular weight is 386 g/mol. The minimum atomic E-state index is -3.91. The van der Waals surface area contributed by atoms with Gasteiger partial charge in [-0.15, -0.1) is 0 Å². The Kier molecular flexibility index (Phi) is 6.09. The van der Waals surface area contributed by atoms with E-state index in [1.54, 1.807) is 0 Å². The van der Waals surface area contributed by atoms with Crippen molar-refractivity contribution in [1.82, 2.24) is 9.21 Å². The Hall–Kier alpha value is -2.33. The number of likely N-dealkylation sites (N-methyl/N-ethyl adjacent to an activating group) is 2. The Balaban J connectivity index is 2.09. The molecule has 0 unspecified atom stereocenters. The number of carboxylic acids is 1. The molecule has 0 bridgehead atoms. The quantitative estimate of drug-likeness (QED) is 0.715. The number of ether oxygens (including phenoxy) is 2. The number of amides is 1. The minimum Gasteiger partial charge on any atom is -0.486 e. The molecule has 0 fully saturated rings. The lowest BCUT2D eigenvalue weighted by Gasteiger charge is -2.24. The molecule has 1 N–H and O–H groups in total. The standard InChI is InChI=1S/C16H22N2O7S/c1-11(16(20)21)9-17(2)15(19)10-18(3)26(22,23)12-4-5-13-14(8-12)25-7-6-24-13/h4-5,8,11H,6-7,9-10H2,1-3H3,(H,20,21)/t11-/m0/s1. The molecule has 26 heavy (non-hydrogen) atoms. The summed E-state index contributed by atoms with van der Waals surface area (Å²) in [5, 5.41) is 8.90. The van der Waals surface area contributed by atoms with Crippen molar-refractivity contribution in [3.63, 3.8) is 0 Å². The van der Waals surface area contributed by atoms with E-state index in [4.69, 9.17) is 14.6 Å². The largest absolute Gasteiger partial charge is 0.486 e. The maximum atomic E-state index is 12.7. The zero-order valence-electron chi connectivity index (χ0n) is 14.8. The van der Waals surface area contributed by atoms with Crippen LogP contribution in [0, 0.1) is 5.92 Å². The fourth-order valence-corrected chi connectivity index (χ4v) is 3.49. The molecule has 1 amide bonds. The Morgan fingerprint density at radius 2 is 1.81 bits per heavy atom. The zero-order valence-corrected chi connectivity index (χ0v) is 15.7. The molecule has 0 spiro atoms. The zero-order chi connectivity index (χ0) is 19.5. The van der Waals surface area contributed by atoms with Gasteiger partial charge in [0, 0.05) is 26.7 Å². The van der Waals surface area contributed by atoms with Gasteiger partial charge in [-0.05, 0) is 12.1 Å². The maximum absolute atomic E-state index is 12.7. The Morgan fingerprint density at radius 3 is 2.42 bits per heavy atom. The van der Waals surface area contributed by atoms with Gasteiger partial charge in [-0.3, -0.25) is 9.59 Å². The Labute approximate surface area is 152 Å². The van der Waals surface area contributed by atoms with Gasteiger partial charge in [0.2, 0.25) is 15.9 Å². The van der Waals surface area contributed by atoms with Crippen LogP contribution in [0.3, 0.4) is 0 Å². The second kappa shape index (κ2) is 7.92. The molecule has 2 rings (SSSR count). The summed E-state index contributed by atoms with van der Waals surface area (Å²) in [4.78, 5) is 24.3. The molecule has 1 aliphatic heterocycles. The van der Waals surface area contributed by atoms with Crippen LogP contribution in [0.25, 0.3) is 0 Å². The Morgan fingerprint density at radius 1 is 1.19 bits per heavy atom. The van der Waals surface area contributed by atoms with E-state index < -0.39 is 34.4 Å². The van der Waals surface area contributed by atoms with Crippen LogP contribution >= 0.6 is 0 Å². The SMILES string of the molecule is C[C@@H](CN(C)C(=O)CN(C)S(=O)(=O)c1ccc2c(c1)OCCO2)C(=O)O. The number of carbonyl (C=O) groups is 2. The van der Waals surface area contributed by atoms with Crippen molar-refractivity contribution in [2.24, 2.45) is 5.92 Å². The molecule has 0 radical (unpaired) electrons. The summed E-state index contributed by atoms with van der Waals surface area (Å²) < 4.78 is 37.0. The monoisotopic (exact) mass is 386 g/mol. The third kappa shape index (κ3) is 4.44. The van der Waals surface area contributed by atoms with Gasteiger partial charge in [0.15, 0.2) is 11.5 Å². The van der Waals surface area contributed by atoms with Gasteiger partial charge in [-0.25, -0.2) is 8.42 Å². The lowest BCUT2D eigenvalue weighted by Crippen LogP contribution is -2.41. The second-order valence-corrected chi connectivity index (χ2v) is 8.12. The van der Waals surface area contributed by atoms with Gasteiger partial charge < -0.3 is 19.5 Å². The average Bonchev–Trinajstić information content (AvgIpc) is 2.60. The van der Waals surface area contributed by atoms with Crippen LogP contribution in [0.1, 0.15) is 6.92 Å². The van der Waals surface area contributed by atoms with Crippen LogP contribution in [-0.2, 0) is 19.6 Å². The number of aliphatic carboxylic acids is 1. The number of carboxylic acid groups (broad SMARTS) is 1. The molecular formula is C16H22N2O7S. The highest BCUT2D eigenvalue weighted by molar-refractivity contribution is 7.89. The number of fused-ring (bicyclic) bond motifs is 1. The van der Waals surface area contributed by atoms with E-state index in [0.717, 1.165) is 4.31 Å². The highest BCUT2D eigenvalue weighted by Crippen LogP contribution is 2.32. The molecule has 1 aromatic carbocycles. The van der Waals surface area contributed by atoms with Crippen LogP contribution < -0.4 is 9.47 Å². The predicted octanol–water partition coefficient (Wildman–Crippen LogP) is 0.257. The van der Waals surface area contributed by atoms with E-state index in [0.29, 0.717) is 24.7 Å². The summed E-state index contributed by atoms with van der Waals surface area (Å²) in [6, 6.07) is 4.26. The number of sulfonamides is 1. The first-order chi connectivity index (χ1) is 12.1. The van der Waals surface area contributed by atoms with Crippen molar-refractivity contribution < 1.29 is 32.6 Å². The molecule has 0 aliphatic carbocycles. The predicted molar refractivity (Wildman–Crippen MR) is 91.7 cm³/mol. The van der Waals surface area contributed by atoms with Gasteiger partial charge >= 0.3 is 5.97 Å². The lowest BCUT2D eigenvalue weighted by molar-refractivity contribution is -0.142. The van der Waals surface area contributed by atoms with Crippen molar-refractivity contribution in [2.75, 3.05) is 40.4 Å². The summed E-state index contributed by atoms with van der Waals surface area (Å²) in [5.74, 6) is -1.46. The molecule has 1 atom stereocenters. The highest BCUT2D eigenvalue weighted by atomic mass is 32.2. The smallest absolute Gasteiger partial charge is 0.308 e. The van der Waals surface area contributed by atoms with E-state index in [9.17, 15) is 18.0 Å². The fraction of sp³-hybridized carbons (Fsp3) is 0.500. The third-order valence-electron chi connectivity index (χ3n) is 3.97. The van der Waals surface area contributed by atoms with Crippen molar-refractivity contribution in [3.05, 3.63) is 18.2 Å². The lowest BCUT2D eigenvalue weighted by atomic mass is 10.2. The maximum Gasteiger partial charge on any atom is 0.308 e. The van der Waals surface area contributed by atoms with E-state index in [2.05, 4.69) is 0 Å². The fourth-order valence-electron chi connectivity index (χ4n) is 2.35. The van der Waals surface area contributed by atoms with Gasteiger partial charge in [0.25, 0.3) is 0 Å². The molecule has 10 heteroatoms. The van der Waals surface area contributed by atoms with E-state index >= 15 is 0 Å². The minimum absolute atomic E-state index is 0.00786. The third-order valence-corrected chi connectivity index (χ3v) is 5.77. The van der Waals surface area contributed by atoms with Crippen LogP contribution in [0.2, 0.25) is 0 Å². The number of nitrogens with zero attached hydrogens (tertiary/aromatic N) is 2. The molecule has 1 aromatic rings. The van der Waals surface area contributed by atoms with Crippen LogP contribution in [0.15, 0.2) is 23.1 Å². The first kappa shape index (κ1) is 20.0. The first-order valence-corrected chi connectivity index (χ1v) is 9.39. The van der Waals surface area contributed by atoms with Crippen LogP contribution in [0.4, 0.5) is 0 Å². The molecular weight excluding hydrogens is 364 g/mol. The Bertz CT molecular complexity index is 794. The molecule has 1 heterocycles. The molecule has 0 aromatic heterocycles. The van der Waals surface area contributed by atoms with Crippen molar-refractivity contribution in [1.29, 1.82) is 0 Å². The normalized spacial score (nSPS) is 14.8. The van der Waals surface area contributed by atoms with E-state index in [-0.39, 0.29) is 11.4 Å². The summed E-state index contributed by atoms with van der Waals surface area (Å²) >= 11 is 0. The summed E-state index contributed by atoms with van der Waals surface area (Å²) in [5.41, 5.74) is 0. The van der Waals surface area contributed by atoms with Gasteiger partial charge in [0.1, 0.15) is 13.2 Å². The summed E-state index contributed by atoms with van der Waals surface area (Å²) in [6.07, 6.45) is 0. The number of hydrogen-bond donors (Lipinski definition) is 1. The molecule has 144 valence electrons. The number of rotatable bonds is 7. The first-order valence-electron chi connectivity index (χ1n) is 7.95. The topological polar surface area (TPSA) is 113 Å². The summed E-state index contributed by atoms with van der Waals surface area (Å²) in [6.45, 7) is 1.79. The second-order valence-electron chi connectivity index (χ2n) is 6.08. The van der Waals surface area contributed by atoms with Gasteiger partial charge in [-0.1, -0.05) is 6.92 Å².